The maximum Gasteiger partial charge on any atom is 0.162 e. The molecular formula is C13H18ClNO2. The summed E-state index contributed by atoms with van der Waals surface area (Å²) in [6, 6.07) is 3.85. The van der Waals surface area contributed by atoms with Crippen LogP contribution < -0.4 is 15.2 Å². The molecule has 0 aliphatic carbocycles. The first-order valence-corrected chi connectivity index (χ1v) is 6.47. The van der Waals surface area contributed by atoms with E-state index < -0.39 is 0 Å². The van der Waals surface area contributed by atoms with Crippen LogP contribution in [0.4, 0.5) is 0 Å². The maximum atomic E-state index is 6.21. The lowest BCUT2D eigenvalue weighted by Crippen LogP contribution is -2.15. The minimum absolute atomic E-state index is 0.596. The highest BCUT2D eigenvalue weighted by Gasteiger charge is 2.14. The Morgan fingerprint density at radius 2 is 1.76 bits per heavy atom. The number of fused-ring (bicyclic) bond motifs is 1. The first kappa shape index (κ1) is 12.5. The quantitative estimate of drug-likeness (QED) is 0.823. The van der Waals surface area contributed by atoms with E-state index in [-0.39, 0.29) is 0 Å². The van der Waals surface area contributed by atoms with E-state index in [4.69, 9.17) is 26.8 Å². The van der Waals surface area contributed by atoms with E-state index in [1.54, 1.807) is 0 Å². The number of rotatable bonds is 5. The highest BCUT2D eigenvalue weighted by atomic mass is 35.5. The molecule has 1 aromatic carbocycles. The van der Waals surface area contributed by atoms with E-state index in [0.717, 1.165) is 54.3 Å². The van der Waals surface area contributed by atoms with Gasteiger partial charge in [0.2, 0.25) is 0 Å². The minimum atomic E-state index is 0.596. The van der Waals surface area contributed by atoms with Crippen molar-refractivity contribution in [2.45, 2.75) is 25.7 Å². The van der Waals surface area contributed by atoms with Gasteiger partial charge in [0.1, 0.15) is 13.2 Å². The van der Waals surface area contributed by atoms with Crippen LogP contribution >= 0.6 is 11.6 Å². The zero-order valence-corrected chi connectivity index (χ0v) is 10.6. The SMILES string of the molecule is NCCCCCc1cc2c(cc1Cl)OCCO2. The normalized spacial score (nSPS) is 13.8. The molecule has 0 spiro atoms. The Balaban J connectivity index is 2.01. The van der Waals surface area contributed by atoms with Crippen LogP contribution in [0.3, 0.4) is 0 Å². The van der Waals surface area contributed by atoms with Crippen molar-refractivity contribution in [1.29, 1.82) is 0 Å². The van der Waals surface area contributed by atoms with Crippen molar-refractivity contribution in [1.82, 2.24) is 0 Å². The Hall–Kier alpha value is -0.930. The Labute approximate surface area is 107 Å². The second kappa shape index (κ2) is 6.12. The molecule has 1 heterocycles. The molecule has 1 aromatic rings. The molecule has 0 saturated carbocycles. The largest absolute Gasteiger partial charge is 0.486 e. The van der Waals surface area contributed by atoms with Crippen LogP contribution in [0.25, 0.3) is 0 Å². The summed E-state index contributed by atoms with van der Waals surface area (Å²) in [6.07, 6.45) is 4.29. The van der Waals surface area contributed by atoms with Gasteiger partial charge in [0.05, 0.1) is 0 Å². The third-order valence-electron chi connectivity index (χ3n) is 2.86. The van der Waals surface area contributed by atoms with Gasteiger partial charge in [-0.15, -0.1) is 0 Å². The Morgan fingerprint density at radius 3 is 2.47 bits per heavy atom. The lowest BCUT2D eigenvalue weighted by Gasteiger charge is -2.19. The highest BCUT2D eigenvalue weighted by Crippen LogP contribution is 2.35. The fraction of sp³-hybridized carbons (Fsp3) is 0.538. The lowest BCUT2D eigenvalue weighted by atomic mass is 10.1. The number of ether oxygens (including phenoxy) is 2. The molecule has 2 rings (SSSR count). The summed E-state index contributed by atoms with van der Waals surface area (Å²) in [5.41, 5.74) is 6.60. The van der Waals surface area contributed by atoms with Gasteiger partial charge in [-0.3, -0.25) is 0 Å². The number of benzene rings is 1. The van der Waals surface area contributed by atoms with E-state index in [9.17, 15) is 0 Å². The van der Waals surface area contributed by atoms with Crippen LogP contribution in [0.15, 0.2) is 12.1 Å². The van der Waals surface area contributed by atoms with Crippen molar-refractivity contribution in [2.24, 2.45) is 5.73 Å². The van der Waals surface area contributed by atoms with Gasteiger partial charge in [-0.2, -0.15) is 0 Å². The van der Waals surface area contributed by atoms with Crippen molar-refractivity contribution in [3.63, 3.8) is 0 Å². The first-order valence-electron chi connectivity index (χ1n) is 6.09. The van der Waals surface area contributed by atoms with Crippen molar-refractivity contribution < 1.29 is 9.47 Å². The van der Waals surface area contributed by atoms with E-state index in [2.05, 4.69) is 0 Å². The van der Waals surface area contributed by atoms with Gasteiger partial charge in [0.15, 0.2) is 11.5 Å². The van der Waals surface area contributed by atoms with Gasteiger partial charge in [-0.05, 0) is 37.4 Å². The topological polar surface area (TPSA) is 44.5 Å². The number of unbranched alkanes of at least 4 members (excludes halogenated alkanes) is 2. The lowest BCUT2D eigenvalue weighted by molar-refractivity contribution is 0.171. The van der Waals surface area contributed by atoms with Gasteiger partial charge in [-0.1, -0.05) is 18.0 Å². The van der Waals surface area contributed by atoms with Crippen LogP contribution in [-0.4, -0.2) is 19.8 Å². The molecule has 0 saturated heterocycles. The van der Waals surface area contributed by atoms with Gasteiger partial charge >= 0.3 is 0 Å². The van der Waals surface area contributed by atoms with Crippen LogP contribution in [0.1, 0.15) is 24.8 Å². The molecule has 2 N–H and O–H groups in total. The van der Waals surface area contributed by atoms with Crippen LogP contribution in [0, 0.1) is 0 Å². The molecule has 0 bridgehead atoms. The molecule has 1 aliphatic rings. The van der Waals surface area contributed by atoms with Crippen molar-refractivity contribution in [2.75, 3.05) is 19.8 Å². The predicted octanol–water partition coefficient (Wildman–Crippen LogP) is 2.78. The fourth-order valence-corrected chi connectivity index (χ4v) is 2.18. The fourth-order valence-electron chi connectivity index (χ4n) is 1.93. The second-order valence-electron chi connectivity index (χ2n) is 4.19. The third kappa shape index (κ3) is 3.27. The Bertz CT molecular complexity index is 382. The van der Waals surface area contributed by atoms with Gasteiger partial charge < -0.3 is 15.2 Å². The molecule has 0 atom stereocenters. The van der Waals surface area contributed by atoms with Gasteiger partial charge in [0.25, 0.3) is 0 Å². The second-order valence-corrected chi connectivity index (χ2v) is 4.59. The number of hydrogen-bond donors (Lipinski definition) is 1. The molecule has 94 valence electrons. The zero-order valence-electron chi connectivity index (χ0n) is 9.88. The summed E-state index contributed by atoms with van der Waals surface area (Å²) >= 11 is 6.21. The Morgan fingerprint density at radius 1 is 1.06 bits per heavy atom. The summed E-state index contributed by atoms with van der Waals surface area (Å²) in [4.78, 5) is 0. The number of nitrogens with two attached hydrogens (primary N) is 1. The van der Waals surface area contributed by atoms with Crippen LogP contribution in [0.5, 0.6) is 11.5 Å². The first-order chi connectivity index (χ1) is 8.31. The molecule has 0 amide bonds. The summed E-state index contributed by atoms with van der Waals surface area (Å²) in [5, 5.41) is 0.766. The zero-order chi connectivity index (χ0) is 12.1. The summed E-state index contributed by atoms with van der Waals surface area (Å²) in [7, 11) is 0. The number of hydrogen-bond acceptors (Lipinski definition) is 3. The monoisotopic (exact) mass is 255 g/mol. The molecular weight excluding hydrogens is 238 g/mol. The standard InChI is InChI=1S/C13H18ClNO2/c14-11-9-13-12(16-6-7-17-13)8-10(11)4-2-1-3-5-15/h8-9H,1-7,15H2. The molecule has 0 unspecified atom stereocenters. The van der Waals surface area contributed by atoms with E-state index in [1.807, 2.05) is 12.1 Å². The van der Waals surface area contributed by atoms with E-state index in [1.165, 1.54) is 0 Å². The average molecular weight is 256 g/mol. The molecule has 0 radical (unpaired) electrons. The van der Waals surface area contributed by atoms with Gasteiger partial charge in [0, 0.05) is 11.1 Å². The predicted molar refractivity (Wildman–Crippen MR) is 69.1 cm³/mol. The average Bonchev–Trinajstić information content (AvgIpc) is 2.35. The van der Waals surface area contributed by atoms with Crippen LogP contribution in [0.2, 0.25) is 5.02 Å². The molecule has 4 heteroatoms. The van der Waals surface area contributed by atoms with E-state index in [0.29, 0.717) is 13.2 Å². The summed E-state index contributed by atoms with van der Waals surface area (Å²) < 4.78 is 11.0. The smallest absolute Gasteiger partial charge is 0.162 e. The number of aryl methyl sites for hydroxylation is 1. The molecule has 0 aromatic heterocycles. The van der Waals surface area contributed by atoms with Crippen LogP contribution in [-0.2, 0) is 6.42 Å². The third-order valence-corrected chi connectivity index (χ3v) is 3.21. The summed E-state index contributed by atoms with van der Waals surface area (Å²) in [6.45, 7) is 1.97. The molecule has 3 nitrogen and oxygen atoms in total. The van der Waals surface area contributed by atoms with Crippen molar-refractivity contribution in [3.8, 4) is 11.5 Å². The summed E-state index contributed by atoms with van der Waals surface area (Å²) in [5.74, 6) is 1.57. The van der Waals surface area contributed by atoms with E-state index >= 15 is 0 Å². The molecule has 0 fully saturated rings. The minimum Gasteiger partial charge on any atom is -0.486 e. The Kier molecular flexibility index (Phi) is 4.51. The molecule has 17 heavy (non-hydrogen) atoms. The molecule has 1 aliphatic heterocycles. The highest BCUT2D eigenvalue weighted by molar-refractivity contribution is 6.31. The maximum absolute atomic E-state index is 6.21. The van der Waals surface area contributed by atoms with Crippen molar-refractivity contribution in [3.05, 3.63) is 22.7 Å². The van der Waals surface area contributed by atoms with Gasteiger partial charge in [-0.25, -0.2) is 0 Å². The number of halogens is 1. The van der Waals surface area contributed by atoms with Crippen molar-refractivity contribution >= 4 is 11.6 Å².